The Morgan fingerprint density at radius 2 is 0.815 bits per heavy atom. The Morgan fingerprint density at radius 1 is 0.444 bits per heavy atom. The van der Waals surface area contributed by atoms with Crippen LogP contribution in [0.4, 0.5) is 4.79 Å². The summed E-state index contributed by atoms with van der Waals surface area (Å²) in [5.74, 6) is 0.133. The second-order valence-electron chi connectivity index (χ2n) is 16.3. The minimum Gasteiger partial charge on any atom is -0.465 e. The van der Waals surface area contributed by atoms with Gasteiger partial charge >= 0.3 is 12.1 Å². The second kappa shape index (κ2) is 42.8. The summed E-state index contributed by atoms with van der Waals surface area (Å²) in [5, 5.41) is 9.30. The highest BCUT2D eigenvalue weighted by Gasteiger charge is 2.19. The first-order valence-corrected chi connectivity index (χ1v) is 23.8. The van der Waals surface area contributed by atoms with Gasteiger partial charge in [0.05, 0.1) is 19.1 Å². The van der Waals surface area contributed by atoms with Crippen LogP contribution in [-0.4, -0.2) is 67.7 Å². The van der Waals surface area contributed by atoms with Crippen molar-refractivity contribution in [3.8, 4) is 0 Å². The molecule has 7 nitrogen and oxygen atoms in total. The largest absolute Gasteiger partial charge is 0.508 e. The molecule has 0 rings (SSSR count). The van der Waals surface area contributed by atoms with Gasteiger partial charge in [0, 0.05) is 6.61 Å². The molecule has 0 spiro atoms. The van der Waals surface area contributed by atoms with E-state index in [1.807, 2.05) is 0 Å². The predicted octanol–water partition coefficient (Wildman–Crippen LogP) is 13.9. The first-order chi connectivity index (χ1) is 26.5. The van der Waals surface area contributed by atoms with Crippen molar-refractivity contribution in [2.45, 2.75) is 246 Å². The maximum atomic E-state index is 13.0. The molecule has 0 fully saturated rings. The SMILES string of the molecule is CCCCCCCCC(CCCCCC)C(=O)OCCCCCCN(CCCCO)CCCCCCOC(=O)OC(CCCCCC)CCCCCCC. The van der Waals surface area contributed by atoms with Crippen LogP contribution in [0.15, 0.2) is 0 Å². The van der Waals surface area contributed by atoms with Gasteiger partial charge in [-0.1, -0.05) is 163 Å². The fourth-order valence-electron chi connectivity index (χ4n) is 7.39. The van der Waals surface area contributed by atoms with E-state index in [4.69, 9.17) is 14.2 Å². The predicted molar refractivity (Wildman–Crippen MR) is 229 cm³/mol. The number of carbonyl (C=O) groups is 2. The van der Waals surface area contributed by atoms with E-state index in [1.165, 1.54) is 96.3 Å². The van der Waals surface area contributed by atoms with Crippen LogP contribution in [0, 0.1) is 5.92 Å². The van der Waals surface area contributed by atoms with Crippen LogP contribution in [0.3, 0.4) is 0 Å². The lowest BCUT2D eigenvalue weighted by Crippen LogP contribution is -2.27. The maximum Gasteiger partial charge on any atom is 0.508 e. The van der Waals surface area contributed by atoms with Crippen molar-refractivity contribution in [1.29, 1.82) is 0 Å². The summed E-state index contributed by atoms with van der Waals surface area (Å²) in [6.45, 7) is 13.4. The van der Waals surface area contributed by atoms with E-state index in [2.05, 4.69) is 32.6 Å². The van der Waals surface area contributed by atoms with Gasteiger partial charge in [-0.15, -0.1) is 0 Å². The molecule has 0 saturated heterocycles. The lowest BCUT2D eigenvalue weighted by molar-refractivity contribution is -0.149. The molecule has 54 heavy (non-hydrogen) atoms. The van der Waals surface area contributed by atoms with Gasteiger partial charge in [-0.2, -0.15) is 0 Å². The van der Waals surface area contributed by atoms with Crippen molar-refractivity contribution in [3.05, 3.63) is 0 Å². The number of nitrogens with zero attached hydrogens (tertiary/aromatic N) is 1. The average molecular weight is 768 g/mol. The Labute approximate surface area is 336 Å². The summed E-state index contributed by atoms with van der Waals surface area (Å²) in [5.41, 5.74) is 0. The number of hydrogen-bond donors (Lipinski definition) is 1. The third kappa shape index (κ3) is 36.3. The van der Waals surface area contributed by atoms with Gasteiger partial charge < -0.3 is 24.2 Å². The van der Waals surface area contributed by atoms with E-state index in [0.29, 0.717) is 13.2 Å². The zero-order valence-corrected chi connectivity index (χ0v) is 36.7. The van der Waals surface area contributed by atoms with Gasteiger partial charge in [0.25, 0.3) is 0 Å². The molecule has 1 N–H and O–H groups in total. The molecule has 0 aliphatic rings. The maximum absolute atomic E-state index is 13.0. The second-order valence-corrected chi connectivity index (χ2v) is 16.3. The lowest BCUT2D eigenvalue weighted by Gasteiger charge is -2.22. The van der Waals surface area contributed by atoms with Crippen molar-refractivity contribution in [1.82, 2.24) is 4.90 Å². The number of carbonyl (C=O) groups excluding carboxylic acids is 2. The van der Waals surface area contributed by atoms with E-state index in [0.717, 1.165) is 135 Å². The van der Waals surface area contributed by atoms with Crippen molar-refractivity contribution < 1.29 is 28.9 Å². The van der Waals surface area contributed by atoms with Crippen LogP contribution < -0.4 is 0 Å². The molecule has 0 bridgehead atoms. The van der Waals surface area contributed by atoms with Crippen molar-refractivity contribution >= 4 is 12.1 Å². The Kier molecular flexibility index (Phi) is 41.7. The molecular formula is C47H93NO6. The molecule has 2 atom stereocenters. The Balaban J connectivity index is 4.31. The smallest absolute Gasteiger partial charge is 0.465 e. The molecule has 0 saturated carbocycles. The number of aliphatic hydroxyl groups excluding tert-OH is 1. The molecule has 0 heterocycles. The number of aliphatic hydroxyl groups is 1. The average Bonchev–Trinajstić information content (AvgIpc) is 3.17. The van der Waals surface area contributed by atoms with Crippen LogP contribution in [0.2, 0.25) is 0 Å². The van der Waals surface area contributed by atoms with Crippen LogP contribution >= 0.6 is 0 Å². The minimum absolute atomic E-state index is 0.00691. The first-order valence-electron chi connectivity index (χ1n) is 23.8. The van der Waals surface area contributed by atoms with E-state index in [-0.39, 0.29) is 24.6 Å². The zero-order chi connectivity index (χ0) is 39.6. The standard InChI is InChI=1S/C47H93NO6/c1-5-9-13-17-19-25-35-44(34-24-15-11-7-3)46(50)52-42-32-22-20-28-38-48(40-30-31-41-49)39-29-21-23-33-43-53-47(51)54-45(36-26-16-12-8-4)37-27-18-14-10-6-2/h44-45,49H,5-43H2,1-4H3. The quantitative estimate of drug-likeness (QED) is 0.0488. The number of rotatable bonds is 43. The third-order valence-corrected chi connectivity index (χ3v) is 11.0. The molecule has 0 aliphatic carbocycles. The summed E-state index contributed by atoms with van der Waals surface area (Å²) in [6.07, 6.45) is 37.1. The highest BCUT2D eigenvalue weighted by Crippen LogP contribution is 2.21. The molecule has 0 amide bonds. The van der Waals surface area contributed by atoms with Gasteiger partial charge in [-0.05, 0) is 96.7 Å². The van der Waals surface area contributed by atoms with Crippen molar-refractivity contribution in [2.24, 2.45) is 5.92 Å². The molecule has 7 heteroatoms. The number of unbranched alkanes of at least 4 members (excludes halogenated alkanes) is 22. The monoisotopic (exact) mass is 768 g/mol. The van der Waals surface area contributed by atoms with Gasteiger partial charge in [0.1, 0.15) is 6.10 Å². The molecular weight excluding hydrogens is 675 g/mol. The fourth-order valence-corrected chi connectivity index (χ4v) is 7.39. The van der Waals surface area contributed by atoms with E-state index in [1.54, 1.807) is 0 Å². The highest BCUT2D eigenvalue weighted by atomic mass is 16.7. The van der Waals surface area contributed by atoms with Crippen LogP contribution in [0.1, 0.15) is 240 Å². The number of ether oxygens (including phenoxy) is 3. The molecule has 2 unspecified atom stereocenters. The zero-order valence-electron chi connectivity index (χ0n) is 36.7. The van der Waals surface area contributed by atoms with E-state index >= 15 is 0 Å². The normalized spacial score (nSPS) is 12.6. The van der Waals surface area contributed by atoms with Crippen molar-refractivity contribution in [2.75, 3.05) is 39.5 Å². The lowest BCUT2D eigenvalue weighted by atomic mass is 9.94. The Morgan fingerprint density at radius 3 is 1.30 bits per heavy atom. The summed E-state index contributed by atoms with van der Waals surface area (Å²) >= 11 is 0. The Hall–Kier alpha value is -1.34. The van der Waals surface area contributed by atoms with Crippen LogP contribution in [-0.2, 0) is 19.0 Å². The van der Waals surface area contributed by atoms with Crippen LogP contribution in [0.25, 0.3) is 0 Å². The van der Waals surface area contributed by atoms with Crippen molar-refractivity contribution in [3.63, 3.8) is 0 Å². The van der Waals surface area contributed by atoms with E-state index < -0.39 is 6.16 Å². The first kappa shape index (κ1) is 52.7. The molecule has 0 aromatic rings. The summed E-state index contributed by atoms with van der Waals surface area (Å²) in [6, 6.07) is 0. The highest BCUT2D eigenvalue weighted by molar-refractivity contribution is 5.72. The minimum atomic E-state index is -0.484. The van der Waals surface area contributed by atoms with Gasteiger partial charge in [-0.25, -0.2) is 4.79 Å². The third-order valence-electron chi connectivity index (χ3n) is 11.0. The summed E-state index contributed by atoms with van der Waals surface area (Å²) < 4.78 is 17.1. The number of esters is 1. The fraction of sp³-hybridized carbons (Fsp3) is 0.957. The molecule has 0 radical (unpaired) electrons. The molecule has 0 aromatic heterocycles. The van der Waals surface area contributed by atoms with Gasteiger partial charge in [-0.3, -0.25) is 4.79 Å². The summed E-state index contributed by atoms with van der Waals surface area (Å²) in [7, 11) is 0. The van der Waals surface area contributed by atoms with Gasteiger partial charge in [0.2, 0.25) is 0 Å². The topological polar surface area (TPSA) is 85.3 Å². The molecule has 322 valence electrons. The van der Waals surface area contributed by atoms with E-state index in [9.17, 15) is 14.7 Å². The summed E-state index contributed by atoms with van der Waals surface area (Å²) in [4.78, 5) is 28.0. The van der Waals surface area contributed by atoms with Crippen LogP contribution in [0.5, 0.6) is 0 Å². The molecule has 0 aromatic carbocycles. The molecule has 0 aliphatic heterocycles. The number of hydrogen-bond acceptors (Lipinski definition) is 7. The van der Waals surface area contributed by atoms with Gasteiger partial charge in [0.15, 0.2) is 0 Å². The Bertz CT molecular complexity index is 779.